The van der Waals surface area contributed by atoms with E-state index in [-0.39, 0.29) is 17.0 Å². The first-order valence-electron chi connectivity index (χ1n) is 10.3. The van der Waals surface area contributed by atoms with Crippen molar-refractivity contribution in [1.29, 1.82) is 0 Å². The molecular formula is C23H36N2O4. The van der Waals surface area contributed by atoms with Gasteiger partial charge in [0.15, 0.2) is 0 Å². The Bertz CT molecular complexity index is 707. The standard InChI is InChI=1S/C23H36N2O4/c1-8-29-14-13-25-21(3,4)15-23(20(27)28-7,16-22(25,5)6)24-19(26)18-11-9-17(2)10-12-18/h9-12H,8,13-16H2,1-7H3,(H,24,26). The number of nitrogens with one attached hydrogen (secondary N) is 1. The molecule has 0 atom stereocenters. The van der Waals surface area contributed by atoms with Crippen LogP contribution in [0.25, 0.3) is 0 Å². The highest BCUT2D eigenvalue weighted by Gasteiger charge is 2.56. The molecule has 0 radical (unpaired) electrons. The van der Waals surface area contributed by atoms with Gasteiger partial charge in [-0.25, -0.2) is 4.79 Å². The van der Waals surface area contributed by atoms with E-state index in [4.69, 9.17) is 9.47 Å². The molecule has 0 aromatic heterocycles. The van der Waals surface area contributed by atoms with Crippen molar-refractivity contribution < 1.29 is 19.1 Å². The van der Waals surface area contributed by atoms with Crippen LogP contribution in [0, 0.1) is 6.92 Å². The van der Waals surface area contributed by atoms with E-state index < -0.39 is 11.5 Å². The van der Waals surface area contributed by atoms with E-state index in [0.29, 0.717) is 31.6 Å². The van der Waals surface area contributed by atoms with Gasteiger partial charge in [0.2, 0.25) is 0 Å². The second-order valence-electron chi connectivity index (χ2n) is 9.22. The molecule has 0 bridgehead atoms. The number of hydrogen-bond donors (Lipinski definition) is 1. The highest BCUT2D eigenvalue weighted by Crippen LogP contribution is 2.44. The minimum Gasteiger partial charge on any atom is -0.467 e. The number of piperidine rings is 1. The zero-order valence-electron chi connectivity index (χ0n) is 18.9. The van der Waals surface area contributed by atoms with Crippen LogP contribution in [0.15, 0.2) is 24.3 Å². The van der Waals surface area contributed by atoms with Crippen LogP contribution in [0.5, 0.6) is 0 Å². The van der Waals surface area contributed by atoms with E-state index in [1.807, 2.05) is 26.0 Å². The van der Waals surface area contributed by atoms with Gasteiger partial charge in [0.05, 0.1) is 13.7 Å². The van der Waals surface area contributed by atoms with Gasteiger partial charge < -0.3 is 14.8 Å². The summed E-state index contributed by atoms with van der Waals surface area (Å²) < 4.78 is 10.7. The van der Waals surface area contributed by atoms with Crippen molar-refractivity contribution in [2.45, 2.75) is 71.0 Å². The van der Waals surface area contributed by atoms with Crippen molar-refractivity contribution in [2.75, 3.05) is 26.9 Å². The molecule has 1 saturated heterocycles. The number of nitrogens with zero attached hydrogens (tertiary/aromatic N) is 1. The van der Waals surface area contributed by atoms with Gasteiger partial charge in [-0.3, -0.25) is 9.69 Å². The molecule has 1 aliphatic heterocycles. The highest BCUT2D eigenvalue weighted by molar-refractivity contribution is 5.98. The molecule has 0 aliphatic carbocycles. The van der Waals surface area contributed by atoms with Gasteiger partial charge in [0.25, 0.3) is 5.91 Å². The largest absolute Gasteiger partial charge is 0.467 e. The lowest BCUT2D eigenvalue weighted by molar-refractivity contribution is -0.160. The molecule has 1 aromatic rings. The first kappa shape index (κ1) is 23.4. The Labute approximate surface area is 174 Å². The van der Waals surface area contributed by atoms with Gasteiger partial charge >= 0.3 is 5.97 Å². The summed E-state index contributed by atoms with van der Waals surface area (Å²) in [5, 5.41) is 3.05. The summed E-state index contributed by atoms with van der Waals surface area (Å²) in [6.07, 6.45) is 0.916. The molecular weight excluding hydrogens is 368 g/mol. The van der Waals surface area contributed by atoms with Gasteiger partial charge in [-0.15, -0.1) is 0 Å². The molecule has 2 rings (SSSR count). The third-order valence-electron chi connectivity index (χ3n) is 5.84. The van der Waals surface area contributed by atoms with Crippen molar-refractivity contribution in [3.63, 3.8) is 0 Å². The Hall–Kier alpha value is -1.92. The number of esters is 1. The van der Waals surface area contributed by atoms with E-state index in [1.165, 1.54) is 7.11 Å². The SMILES string of the molecule is CCOCCN1C(C)(C)CC(NC(=O)c2ccc(C)cc2)(C(=O)OC)CC1(C)C. The van der Waals surface area contributed by atoms with E-state index in [1.54, 1.807) is 12.1 Å². The zero-order chi connectivity index (χ0) is 21.9. The minimum atomic E-state index is -1.09. The van der Waals surface area contributed by atoms with Crippen molar-refractivity contribution >= 4 is 11.9 Å². The van der Waals surface area contributed by atoms with Gasteiger partial charge in [-0.05, 0) is 66.5 Å². The molecule has 1 N–H and O–H groups in total. The summed E-state index contributed by atoms with van der Waals surface area (Å²) in [6.45, 7) is 14.4. The Morgan fingerprint density at radius 3 is 2.10 bits per heavy atom. The van der Waals surface area contributed by atoms with E-state index in [2.05, 4.69) is 37.9 Å². The van der Waals surface area contributed by atoms with Gasteiger partial charge in [0.1, 0.15) is 5.54 Å². The lowest BCUT2D eigenvalue weighted by Crippen LogP contribution is -2.72. The van der Waals surface area contributed by atoms with Crippen LogP contribution in [0.1, 0.15) is 63.4 Å². The molecule has 0 unspecified atom stereocenters. The highest BCUT2D eigenvalue weighted by atomic mass is 16.5. The summed E-state index contributed by atoms with van der Waals surface area (Å²) in [4.78, 5) is 28.4. The molecule has 162 valence electrons. The number of hydrogen-bond acceptors (Lipinski definition) is 5. The van der Waals surface area contributed by atoms with Gasteiger partial charge in [-0.1, -0.05) is 17.7 Å². The predicted octanol–water partition coefficient (Wildman–Crippen LogP) is 3.33. The third-order valence-corrected chi connectivity index (χ3v) is 5.84. The van der Waals surface area contributed by atoms with Gasteiger partial charge in [0, 0.05) is 29.8 Å². The zero-order valence-corrected chi connectivity index (χ0v) is 18.9. The number of methoxy groups -OCH3 is 1. The first-order valence-corrected chi connectivity index (χ1v) is 10.3. The number of amides is 1. The lowest BCUT2D eigenvalue weighted by atomic mass is 9.68. The fraction of sp³-hybridized carbons (Fsp3) is 0.652. The maximum Gasteiger partial charge on any atom is 0.331 e. The number of ether oxygens (including phenoxy) is 2. The Morgan fingerprint density at radius 1 is 1.07 bits per heavy atom. The molecule has 1 heterocycles. The second kappa shape index (κ2) is 8.84. The Balaban J connectivity index is 2.35. The van der Waals surface area contributed by atoms with Crippen LogP contribution in [-0.2, 0) is 14.3 Å². The quantitative estimate of drug-likeness (QED) is 0.558. The summed E-state index contributed by atoms with van der Waals surface area (Å²) in [5.41, 5.74) is -0.158. The molecule has 0 spiro atoms. The van der Waals surface area contributed by atoms with Crippen LogP contribution in [-0.4, -0.2) is 60.3 Å². The number of likely N-dealkylation sites (tertiary alicyclic amines) is 1. The fourth-order valence-corrected chi connectivity index (χ4v) is 4.93. The molecule has 1 amide bonds. The second-order valence-corrected chi connectivity index (χ2v) is 9.22. The molecule has 1 aromatic carbocycles. The monoisotopic (exact) mass is 404 g/mol. The number of benzene rings is 1. The lowest BCUT2D eigenvalue weighted by Gasteiger charge is -2.58. The number of aryl methyl sites for hydroxylation is 1. The Kier molecular flexibility index (Phi) is 7.12. The van der Waals surface area contributed by atoms with E-state index >= 15 is 0 Å². The van der Waals surface area contributed by atoms with Crippen LogP contribution in [0.4, 0.5) is 0 Å². The molecule has 1 aliphatic rings. The average molecular weight is 405 g/mol. The summed E-state index contributed by atoms with van der Waals surface area (Å²) in [5.74, 6) is -0.659. The first-order chi connectivity index (χ1) is 13.5. The topological polar surface area (TPSA) is 67.9 Å². The minimum absolute atomic E-state index is 0.259. The van der Waals surface area contributed by atoms with E-state index in [9.17, 15) is 9.59 Å². The summed E-state index contributed by atoms with van der Waals surface area (Å²) in [7, 11) is 1.38. The smallest absolute Gasteiger partial charge is 0.331 e. The normalized spacial score (nSPS) is 20.1. The summed E-state index contributed by atoms with van der Waals surface area (Å²) in [6, 6.07) is 7.35. The Morgan fingerprint density at radius 2 is 1.62 bits per heavy atom. The molecule has 0 saturated carbocycles. The van der Waals surface area contributed by atoms with Crippen LogP contribution >= 0.6 is 0 Å². The third kappa shape index (κ3) is 5.17. The van der Waals surface area contributed by atoms with Crippen molar-refractivity contribution in [3.05, 3.63) is 35.4 Å². The van der Waals surface area contributed by atoms with E-state index in [0.717, 1.165) is 12.1 Å². The van der Waals surface area contributed by atoms with Crippen LogP contribution in [0.3, 0.4) is 0 Å². The number of carbonyl (C=O) groups excluding carboxylic acids is 2. The van der Waals surface area contributed by atoms with Gasteiger partial charge in [-0.2, -0.15) is 0 Å². The average Bonchev–Trinajstić information content (AvgIpc) is 2.62. The number of rotatable bonds is 7. The maximum atomic E-state index is 13.0. The number of carbonyl (C=O) groups is 2. The maximum absolute atomic E-state index is 13.0. The van der Waals surface area contributed by atoms with Crippen LogP contribution in [0.2, 0.25) is 0 Å². The molecule has 6 nitrogen and oxygen atoms in total. The molecule has 1 fully saturated rings. The predicted molar refractivity (Wildman–Crippen MR) is 114 cm³/mol. The van der Waals surface area contributed by atoms with Crippen molar-refractivity contribution in [1.82, 2.24) is 10.2 Å². The summed E-state index contributed by atoms with van der Waals surface area (Å²) >= 11 is 0. The molecule has 6 heteroatoms. The van der Waals surface area contributed by atoms with Crippen molar-refractivity contribution in [3.8, 4) is 0 Å². The van der Waals surface area contributed by atoms with Crippen LogP contribution < -0.4 is 5.32 Å². The van der Waals surface area contributed by atoms with Crippen molar-refractivity contribution in [2.24, 2.45) is 0 Å². The molecule has 29 heavy (non-hydrogen) atoms. The fourth-order valence-electron chi connectivity index (χ4n) is 4.93.